The summed E-state index contributed by atoms with van der Waals surface area (Å²) in [6.45, 7) is 0. The van der Waals surface area contributed by atoms with E-state index < -0.39 is 0 Å². The van der Waals surface area contributed by atoms with E-state index in [1.54, 1.807) is 24.3 Å². The smallest absolute Gasteiger partial charge is 0.271 e. The van der Waals surface area contributed by atoms with Crippen LogP contribution in [0.15, 0.2) is 41.4 Å². The van der Waals surface area contributed by atoms with E-state index in [2.05, 4.69) is 4.98 Å². The van der Waals surface area contributed by atoms with E-state index >= 15 is 0 Å². The number of hydrogen-bond donors (Lipinski definition) is 2. The number of thiocarbonyl (C=S) groups is 1. The monoisotopic (exact) mass is 364 g/mol. The maximum Gasteiger partial charge on any atom is 0.271 e. The van der Waals surface area contributed by atoms with Gasteiger partial charge in [0.25, 0.3) is 5.91 Å². The normalized spacial score (nSPS) is 16.4. The first-order valence-corrected chi connectivity index (χ1v) is 7.97. The second-order valence-corrected chi connectivity index (χ2v) is 6.71. The van der Waals surface area contributed by atoms with Gasteiger partial charge >= 0.3 is 0 Å². The molecular formula is C15H9ClN2O3S2. The van der Waals surface area contributed by atoms with Crippen LogP contribution in [0.25, 0.3) is 6.08 Å². The molecule has 1 amide bonds. The minimum absolute atomic E-state index is 0.222. The van der Waals surface area contributed by atoms with E-state index in [-0.39, 0.29) is 17.4 Å². The number of phenolic OH excluding ortho intramolecular Hbond substituents is 2. The first-order chi connectivity index (χ1) is 11.0. The molecule has 2 N–H and O–H groups in total. The van der Waals surface area contributed by atoms with Crippen molar-refractivity contribution in [3.63, 3.8) is 0 Å². The lowest BCUT2D eigenvalue weighted by Crippen LogP contribution is -2.28. The van der Waals surface area contributed by atoms with Crippen molar-refractivity contribution in [1.82, 2.24) is 4.98 Å². The van der Waals surface area contributed by atoms with Crippen molar-refractivity contribution in [2.45, 2.75) is 0 Å². The summed E-state index contributed by atoms with van der Waals surface area (Å²) in [6, 6.07) is 7.54. The number of halogens is 1. The molecule has 0 spiro atoms. The van der Waals surface area contributed by atoms with Crippen LogP contribution in [-0.2, 0) is 4.79 Å². The van der Waals surface area contributed by atoms with Gasteiger partial charge in [0.05, 0.1) is 9.93 Å². The van der Waals surface area contributed by atoms with E-state index in [1.165, 1.54) is 23.2 Å². The Morgan fingerprint density at radius 1 is 1.22 bits per heavy atom. The van der Waals surface area contributed by atoms with E-state index in [1.807, 2.05) is 0 Å². The molecule has 0 bridgehead atoms. The second kappa shape index (κ2) is 6.19. The van der Waals surface area contributed by atoms with Crippen molar-refractivity contribution in [2.24, 2.45) is 0 Å². The van der Waals surface area contributed by atoms with E-state index in [0.717, 1.165) is 11.8 Å². The Morgan fingerprint density at radius 2 is 2.00 bits per heavy atom. The largest absolute Gasteiger partial charge is 0.504 e. The second-order valence-electron chi connectivity index (χ2n) is 4.60. The summed E-state index contributed by atoms with van der Waals surface area (Å²) < 4.78 is 0.360. The fraction of sp³-hybridized carbons (Fsp3) is 0. The van der Waals surface area contributed by atoms with Crippen LogP contribution in [0.1, 0.15) is 5.56 Å². The van der Waals surface area contributed by atoms with Crippen molar-refractivity contribution in [3.8, 4) is 11.5 Å². The number of rotatable bonds is 2. The van der Waals surface area contributed by atoms with Crippen LogP contribution in [-0.4, -0.2) is 25.4 Å². The number of hydrogen-bond acceptors (Lipinski definition) is 6. The predicted molar refractivity (Wildman–Crippen MR) is 94.7 cm³/mol. The molecule has 1 aliphatic heterocycles. The minimum atomic E-state index is -0.303. The summed E-state index contributed by atoms with van der Waals surface area (Å²) in [5.74, 6) is -0.384. The highest BCUT2D eigenvalue weighted by Gasteiger charge is 2.34. The summed E-state index contributed by atoms with van der Waals surface area (Å²) in [7, 11) is 0. The van der Waals surface area contributed by atoms with Gasteiger partial charge in [0, 0.05) is 6.20 Å². The Bertz CT molecular complexity index is 837. The molecule has 1 aromatic heterocycles. The molecule has 1 saturated heterocycles. The average Bonchev–Trinajstić information content (AvgIpc) is 2.79. The van der Waals surface area contributed by atoms with Crippen molar-refractivity contribution in [2.75, 3.05) is 4.90 Å². The molecule has 0 radical (unpaired) electrons. The van der Waals surface area contributed by atoms with Crippen LogP contribution in [0.5, 0.6) is 11.5 Å². The number of anilines is 1. The lowest BCUT2D eigenvalue weighted by atomic mass is 10.2. The maximum atomic E-state index is 12.5. The number of aromatic nitrogens is 1. The van der Waals surface area contributed by atoms with Crippen molar-refractivity contribution in [3.05, 3.63) is 52.0 Å². The van der Waals surface area contributed by atoms with E-state index in [0.29, 0.717) is 25.6 Å². The van der Waals surface area contributed by atoms with Gasteiger partial charge in [0.15, 0.2) is 15.8 Å². The summed E-state index contributed by atoms with van der Waals surface area (Å²) >= 11 is 12.2. The van der Waals surface area contributed by atoms with E-state index in [9.17, 15) is 15.0 Å². The van der Waals surface area contributed by atoms with Crippen LogP contribution in [0.4, 0.5) is 5.82 Å². The highest BCUT2D eigenvalue weighted by Crippen LogP contribution is 2.36. The number of amides is 1. The SMILES string of the molecule is O=C1/C(=C/c2ccc(O)c(O)c2)SC(=S)N1c1ccc(Cl)cn1. The Hall–Kier alpha value is -2.09. The summed E-state index contributed by atoms with van der Waals surface area (Å²) in [6.07, 6.45) is 3.03. The molecule has 0 aliphatic carbocycles. The van der Waals surface area contributed by atoms with Crippen LogP contribution >= 0.6 is 35.6 Å². The highest BCUT2D eigenvalue weighted by molar-refractivity contribution is 8.27. The van der Waals surface area contributed by atoms with Gasteiger partial charge in [-0.25, -0.2) is 9.88 Å². The van der Waals surface area contributed by atoms with Gasteiger partial charge in [0.1, 0.15) is 5.82 Å². The third-order valence-electron chi connectivity index (χ3n) is 3.03. The Balaban J connectivity index is 1.92. The van der Waals surface area contributed by atoms with Crippen LogP contribution < -0.4 is 4.90 Å². The zero-order valence-corrected chi connectivity index (χ0v) is 13.8. The van der Waals surface area contributed by atoms with Crippen LogP contribution in [0.3, 0.4) is 0 Å². The maximum absolute atomic E-state index is 12.5. The number of carbonyl (C=O) groups is 1. The molecule has 23 heavy (non-hydrogen) atoms. The van der Waals surface area contributed by atoms with Crippen molar-refractivity contribution in [1.29, 1.82) is 0 Å². The molecule has 1 aromatic carbocycles. The standard InChI is InChI=1S/C15H9ClN2O3S2/c16-9-2-4-13(17-7-9)18-14(21)12(23-15(18)22)6-8-1-3-10(19)11(20)5-8/h1-7,19-20H/b12-6-. The number of phenols is 2. The molecule has 8 heteroatoms. The zero-order chi connectivity index (χ0) is 16.6. The van der Waals surface area contributed by atoms with Crippen LogP contribution in [0.2, 0.25) is 5.02 Å². The van der Waals surface area contributed by atoms with Gasteiger partial charge in [-0.3, -0.25) is 4.79 Å². The molecule has 5 nitrogen and oxygen atoms in total. The van der Waals surface area contributed by atoms with Gasteiger partial charge in [-0.15, -0.1) is 0 Å². The molecule has 2 aromatic rings. The molecule has 0 unspecified atom stereocenters. The summed E-state index contributed by atoms with van der Waals surface area (Å²) in [5.41, 5.74) is 0.574. The summed E-state index contributed by atoms with van der Waals surface area (Å²) in [4.78, 5) is 18.3. The van der Waals surface area contributed by atoms with Gasteiger partial charge in [-0.1, -0.05) is 41.6 Å². The van der Waals surface area contributed by atoms with Crippen LogP contribution in [0, 0.1) is 0 Å². The topological polar surface area (TPSA) is 73.7 Å². The molecule has 1 aliphatic rings. The molecule has 1 fully saturated rings. The number of nitrogens with zero attached hydrogens (tertiary/aromatic N) is 2. The number of thioether (sulfide) groups is 1. The Kier molecular flexibility index (Phi) is 4.25. The van der Waals surface area contributed by atoms with Gasteiger partial charge < -0.3 is 10.2 Å². The third-order valence-corrected chi connectivity index (χ3v) is 4.56. The summed E-state index contributed by atoms with van der Waals surface area (Å²) in [5, 5.41) is 19.3. The Labute approximate surface area is 146 Å². The molecular weight excluding hydrogens is 356 g/mol. The van der Waals surface area contributed by atoms with Crippen molar-refractivity contribution < 1.29 is 15.0 Å². The first-order valence-electron chi connectivity index (χ1n) is 6.37. The molecule has 116 valence electrons. The van der Waals surface area contributed by atoms with Gasteiger partial charge in [-0.05, 0) is 35.9 Å². The third kappa shape index (κ3) is 3.17. The predicted octanol–water partition coefficient (Wildman–Crippen LogP) is 3.55. The lowest BCUT2D eigenvalue weighted by molar-refractivity contribution is -0.113. The number of benzene rings is 1. The van der Waals surface area contributed by atoms with Crippen molar-refractivity contribution >= 4 is 57.7 Å². The minimum Gasteiger partial charge on any atom is -0.504 e. The quantitative estimate of drug-likeness (QED) is 0.482. The Morgan fingerprint density at radius 3 is 2.65 bits per heavy atom. The molecule has 3 rings (SSSR count). The zero-order valence-electron chi connectivity index (χ0n) is 11.4. The fourth-order valence-electron chi connectivity index (χ4n) is 1.95. The average molecular weight is 365 g/mol. The number of pyridine rings is 1. The highest BCUT2D eigenvalue weighted by atomic mass is 35.5. The fourth-order valence-corrected chi connectivity index (χ4v) is 3.33. The van der Waals surface area contributed by atoms with Gasteiger partial charge in [0.2, 0.25) is 0 Å². The van der Waals surface area contributed by atoms with E-state index in [4.69, 9.17) is 23.8 Å². The number of carbonyl (C=O) groups excluding carboxylic acids is 1. The molecule has 2 heterocycles. The molecule has 0 saturated carbocycles. The lowest BCUT2D eigenvalue weighted by Gasteiger charge is -2.12. The molecule has 0 atom stereocenters. The van der Waals surface area contributed by atoms with Gasteiger partial charge in [-0.2, -0.15) is 0 Å². The first kappa shape index (κ1) is 15.8. The number of aromatic hydroxyl groups is 2.